The van der Waals surface area contributed by atoms with Crippen molar-refractivity contribution in [1.82, 2.24) is 16.0 Å². The van der Waals surface area contributed by atoms with Gasteiger partial charge < -0.3 is 20.7 Å². The third-order valence-corrected chi connectivity index (χ3v) is 3.94. The third-order valence-electron chi connectivity index (χ3n) is 3.45. The monoisotopic (exact) mass is 554 g/mol. The molecule has 0 aromatic heterocycles. The van der Waals surface area contributed by atoms with Crippen molar-refractivity contribution >= 4 is 51.8 Å². The molecule has 0 aliphatic carbocycles. The van der Waals surface area contributed by atoms with Crippen LogP contribution in [-0.4, -0.2) is 51.8 Å². The summed E-state index contributed by atoms with van der Waals surface area (Å²) in [6.45, 7) is 8.01. The highest BCUT2D eigenvalue weighted by Gasteiger charge is 2.04. The van der Waals surface area contributed by atoms with Crippen molar-refractivity contribution < 1.29 is 9.53 Å². The number of ether oxygens (including phenoxy) is 1. The number of amides is 1. The average Bonchev–Trinajstić information content (AvgIpc) is 2.62. The van der Waals surface area contributed by atoms with Gasteiger partial charge in [-0.3, -0.25) is 9.79 Å². The van der Waals surface area contributed by atoms with E-state index in [0.29, 0.717) is 18.0 Å². The maximum Gasteiger partial charge on any atom is 0.251 e. The van der Waals surface area contributed by atoms with Crippen LogP contribution in [-0.2, 0) is 4.74 Å². The van der Waals surface area contributed by atoms with Crippen LogP contribution in [0.15, 0.2) is 33.7 Å². The summed E-state index contributed by atoms with van der Waals surface area (Å²) in [5.74, 6) is 1.28. The second-order valence-corrected chi connectivity index (χ2v) is 7.28. The minimum Gasteiger partial charge on any atom is -0.381 e. The summed E-state index contributed by atoms with van der Waals surface area (Å²) in [7, 11) is 1.75. The summed E-state index contributed by atoms with van der Waals surface area (Å²) in [5.41, 5.74) is 0.657. The third kappa shape index (κ3) is 13.0. The topological polar surface area (TPSA) is 74.8 Å². The zero-order valence-corrected chi connectivity index (χ0v) is 20.3. The summed E-state index contributed by atoms with van der Waals surface area (Å²) < 4.78 is 6.45. The van der Waals surface area contributed by atoms with Crippen molar-refractivity contribution in [1.29, 1.82) is 0 Å². The molecule has 0 saturated carbocycles. The average molecular weight is 555 g/mol. The van der Waals surface area contributed by atoms with Gasteiger partial charge in [0.25, 0.3) is 5.91 Å². The summed E-state index contributed by atoms with van der Waals surface area (Å²) >= 11 is 3.37. The first-order valence-electron chi connectivity index (χ1n) is 9.09. The molecule has 0 unspecified atom stereocenters. The lowest BCUT2D eigenvalue weighted by atomic mass is 10.2. The zero-order valence-electron chi connectivity index (χ0n) is 16.4. The molecule has 0 bridgehead atoms. The standard InChI is InChI=1S/C19H31BrN4O2.HI/c1-15(2)14-26-12-6-11-24-19(21-3)23-10-5-9-22-18(25)16-7-4-8-17(20)13-16;/h4,7-8,13,15H,5-6,9-12,14H2,1-3H3,(H,22,25)(H2,21,23,24);1H. The number of hydrogen-bond donors (Lipinski definition) is 3. The number of guanidine groups is 1. The Morgan fingerprint density at radius 3 is 2.44 bits per heavy atom. The zero-order chi connectivity index (χ0) is 19.2. The molecule has 0 fully saturated rings. The first kappa shape index (κ1) is 26.1. The van der Waals surface area contributed by atoms with Crippen LogP contribution in [0.4, 0.5) is 0 Å². The molecular formula is C19H32BrIN4O2. The quantitative estimate of drug-likeness (QED) is 0.170. The lowest BCUT2D eigenvalue weighted by Gasteiger charge is -2.12. The van der Waals surface area contributed by atoms with Gasteiger partial charge in [-0.15, -0.1) is 24.0 Å². The van der Waals surface area contributed by atoms with Gasteiger partial charge in [0.1, 0.15) is 0 Å². The minimum absolute atomic E-state index is 0. The fourth-order valence-electron chi connectivity index (χ4n) is 2.15. The molecule has 1 amide bonds. The van der Waals surface area contributed by atoms with Gasteiger partial charge in [0, 0.05) is 49.9 Å². The lowest BCUT2D eigenvalue weighted by Crippen LogP contribution is -2.39. The first-order valence-corrected chi connectivity index (χ1v) is 9.88. The van der Waals surface area contributed by atoms with Crippen molar-refractivity contribution in [3.05, 3.63) is 34.3 Å². The number of aliphatic imine (C=N–C) groups is 1. The van der Waals surface area contributed by atoms with Crippen LogP contribution in [0, 0.1) is 5.92 Å². The normalized spacial score (nSPS) is 11.1. The summed E-state index contributed by atoms with van der Waals surface area (Å²) in [4.78, 5) is 16.2. The summed E-state index contributed by atoms with van der Waals surface area (Å²) in [6.07, 6.45) is 1.76. The largest absolute Gasteiger partial charge is 0.381 e. The number of benzene rings is 1. The molecule has 6 nitrogen and oxygen atoms in total. The number of carbonyl (C=O) groups excluding carboxylic acids is 1. The molecule has 27 heavy (non-hydrogen) atoms. The van der Waals surface area contributed by atoms with Crippen molar-refractivity contribution in [2.45, 2.75) is 26.7 Å². The van der Waals surface area contributed by atoms with E-state index in [1.807, 2.05) is 18.2 Å². The van der Waals surface area contributed by atoms with Crippen LogP contribution in [0.3, 0.4) is 0 Å². The highest BCUT2D eigenvalue weighted by Crippen LogP contribution is 2.11. The predicted molar refractivity (Wildman–Crippen MR) is 126 cm³/mol. The van der Waals surface area contributed by atoms with E-state index in [2.05, 4.69) is 50.7 Å². The smallest absolute Gasteiger partial charge is 0.251 e. The molecule has 0 heterocycles. The molecule has 1 rings (SSSR count). The van der Waals surface area contributed by atoms with Crippen molar-refractivity contribution in [2.75, 3.05) is 39.9 Å². The number of rotatable bonds is 11. The van der Waals surface area contributed by atoms with E-state index in [9.17, 15) is 4.79 Å². The second-order valence-electron chi connectivity index (χ2n) is 6.37. The lowest BCUT2D eigenvalue weighted by molar-refractivity contribution is 0.0953. The Hall–Kier alpha value is -0.870. The molecule has 3 N–H and O–H groups in total. The van der Waals surface area contributed by atoms with E-state index in [1.54, 1.807) is 13.1 Å². The molecule has 0 atom stereocenters. The van der Waals surface area contributed by atoms with Crippen molar-refractivity contribution in [3.63, 3.8) is 0 Å². The van der Waals surface area contributed by atoms with Crippen molar-refractivity contribution in [2.24, 2.45) is 10.9 Å². The van der Waals surface area contributed by atoms with Crippen LogP contribution in [0.5, 0.6) is 0 Å². The van der Waals surface area contributed by atoms with Crippen LogP contribution in [0.2, 0.25) is 0 Å². The Bertz CT molecular complexity index is 570. The molecule has 0 aliphatic rings. The van der Waals surface area contributed by atoms with Gasteiger partial charge in [-0.1, -0.05) is 35.8 Å². The number of hydrogen-bond acceptors (Lipinski definition) is 3. The Balaban J connectivity index is 0.00000676. The van der Waals surface area contributed by atoms with Crippen LogP contribution in [0.25, 0.3) is 0 Å². The molecule has 0 saturated heterocycles. The first-order chi connectivity index (χ1) is 12.5. The van der Waals surface area contributed by atoms with Crippen LogP contribution < -0.4 is 16.0 Å². The predicted octanol–water partition coefficient (Wildman–Crippen LogP) is 3.41. The second kappa shape index (κ2) is 16.1. The fourth-order valence-corrected chi connectivity index (χ4v) is 2.55. The summed E-state index contributed by atoms with van der Waals surface area (Å²) in [5, 5.41) is 9.41. The SMILES string of the molecule is CN=C(NCCCNC(=O)c1cccc(Br)c1)NCCCOCC(C)C.I. The Morgan fingerprint density at radius 1 is 1.15 bits per heavy atom. The Morgan fingerprint density at radius 2 is 1.81 bits per heavy atom. The molecule has 0 aliphatic heterocycles. The number of nitrogens with one attached hydrogen (secondary N) is 3. The van der Waals surface area contributed by atoms with E-state index < -0.39 is 0 Å². The molecule has 0 spiro atoms. The van der Waals surface area contributed by atoms with E-state index in [-0.39, 0.29) is 29.9 Å². The number of carbonyl (C=O) groups is 1. The van der Waals surface area contributed by atoms with Crippen LogP contribution in [0.1, 0.15) is 37.0 Å². The van der Waals surface area contributed by atoms with Crippen LogP contribution >= 0.6 is 39.9 Å². The van der Waals surface area contributed by atoms with Gasteiger partial charge >= 0.3 is 0 Å². The maximum absolute atomic E-state index is 12.0. The number of halogens is 2. The highest BCUT2D eigenvalue weighted by atomic mass is 127. The number of nitrogens with zero attached hydrogens (tertiary/aromatic N) is 1. The minimum atomic E-state index is -0.0600. The van der Waals surface area contributed by atoms with E-state index in [1.165, 1.54) is 0 Å². The summed E-state index contributed by atoms with van der Waals surface area (Å²) in [6, 6.07) is 7.36. The fraction of sp³-hybridized carbons (Fsp3) is 0.579. The Kier molecular flexibility index (Phi) is 15.6. The van der Waals surface area contributed by atoms with Gasteiger partial charge in [0.2, 0.25) is 0 Å². The molecular weight excluding hydrogens is 523 g/mol. The molecule has 0 radical (unpaired) electrons. The molecule has 1 aromatic carbocycles. The van der Waals surface area contributed by atoms with E-state index in [0.717, 1.165) is 49.6 Å². The van der Waals surface area contributed by atoms with Gasteiger partial charge in [-0.05, 0) is 37.0 Å². The molecule has 8 heteroatoms. The van der Waals surface area contributed by atoms with Gasteiger partial charge in [-0.25, -0.2) is 0 Å². The van der Waals surface area contributed by atoms with E-state index in [4.69, 9.17) is 4.74 Å². The maximum atomic E-state index is 12.0. The molecule has 1 aromatic rings. The molecule has 154 valence electrons. The highest BCUT2D eigenvalue weighted by molar-refractivity contribution is 14.0. The van der Waals surface area contributed by atoms with E-state index >= 15 is 0 Å². The van der Waals surface area contributed by atoms with Gasteiger partial charge in [0.15, 0.2) is 5.96 Å². The van der Waals surface area contributed by atoms with Gasteiger partial charge in [-0.2, -0.15) is 0 Å². The van der Waals surface area contributed by atoms with Gasteiger partial charge in [0.05, 0.1) is 0 Å². The van der Waals surface area contributed by atoms with Crippen molar-refractivity contribution in [3.8, 4) is 0 Å². The Labute approximate surface area is 188 Å².